The summed E-state index contributed by atoms with van der Waals surface area (Å²) in [6.45, 7) is 1.84. The molecule has 0 fully saturated rings. The average Bonchev–Trinajstić information content (AvgIpc) is 3.26. The fourth-order valence-corrected chi connectivity index (χ4v) is 2.58. The third-order valence-electron chi connectivity index (χ3n) is 3.75. The SMILES string of the molecule is CCCC(NC(=O)Cn1nc(-c2ccco2)oc1=O)c1ccccc1. The predicted octanol–water partition coefficient (Wildman–Crippen LogP) is 2.75. The van der Waals surface area contributed by atoms with Crippen LogP contribution in [0.4, 0.5) is 0 Å². The van der Waals surface area contributed by atoms with Crippen molar-refractivity contribution in [2.75, 3.05) is 0 Å². The van der Waals surface area contributed by atoms with Crippen molar-refractivity contribution in [3.63, 3.8) is 0 Å². The Balaban J connectivity index is 1.70. The molecule has 1 aromatic carbocycles. The lowest BCUT2D eigenvalue weighted by molar-refractivity contribution is -0.122. The van der Waals surface area contributed by atoms with E-state index < -0.39 is 5.76 Å². The second kappa shape index (κ2) is 7.65. The van der Waals surface area contributed by atoms with Gasteiger partial charge in [0.25, 0.3) is 5.89 Å². The Morgan fingerprint density at radius 2 is 2.04 bits per heavy atom. The summed E-state index contributed by atoms with van der Waals surface area (Å²) in [7, 11) is 0. The van der Waals surface area contributed by atoms with Crippen LogP contribution >= 0.6 is 0 Å². The van der Waals surface area contributed by atoms with Crippen LogP contribution in [0.3, 0.4) is 0 Å². The molecule has 0 aliphatic heterocycles. The van der Waals surface area contributed by atoms with Crippen LogP contribution in [-0.4, -0.2) is 15.7 Å². The van der Waals surface area contributed by atoms with E-state index in [-0.39, 0.29) is 24.4 Å². The molecule has 7 heteroatoms. The normalized spacial score (nSPS) is 12.0. The van der Waals surface area contributed by atoms with Crippen LogP contribution in [0.1, 0.15) is 31.4 Å². The van der Waals surface area contributed by atoms with Crippen LogP contribution in [0.5, 0.6) is 0 Å². The van der Waals surface area contributed by atoms with Gasteiger partial charge in [-0.1, -0.05) is 43.7 Å². The Bertz CT molecular complexity index is 865. The van der Waals surface area contributed by atoms with Crippen LogP contribution < -0.4 is 11.1 Å². The van der Waals surface area contributed by atoms with Crippen molar-refractivity contribution >= 4 is 5.91 Å². The first-order valence-corrected chi connectivity index (χ1v) is 8.13. The van der Waals surface area contributed by atoms with Gasteiger partial charge >= 0.3 is 5.76 Å². The van der Waals surface area contributed by atoms with Gasteiger partial charge in [0.1, 0.15) is 6.54 Å². The number of hydrogen-bond donors (Lipinski definition) is 1. The molecule has 3 rings (SSSR count). The van der Waals surface area contributed by atoms with Crippen molar-refractivity contribution in [2.45, 2.75) is 32.4 Å². The molecule has 1 unspecified atom stereocenters. The van der Waals surface area contributed by atoms with Gasteiger partial charge in [-0.05, 0) is 24.1 Å². The highest BCUT2D eigenvalue weighted by atomic mass is 16.4. The lowest BCUT2D eigenvalue weighted by atomic mass is 10.0. The number of aromatic nitrogens is 2. The second-order valence-corrected chi connectivity index (χ2v) is 5.63. The molecule has 2 heterocycles. The first kappa shape index (κ1) is 16.8. The summed E-state index contributed by atoms with van der Waals surface area (Å²) >= 11 is 0. The highest BCUT2D eigenvalue weighted by Crippen LogP contribution is 2.18. The van der Waals surface area contributed by atoms with Gasteiger partial charge < -0.3 is 14.2 Å². The molecule has 0 radical (unpaired) electrons. The van der Waals surface area contributed by atoms with Gasteiger partial charge in [0.2, 0.25) is 5.91 Å². The van der Waals surface area contributed by atoms with Crippen LogP contribution in [-0.2, 0) is 11.3 Å². The zero-order chi connectivity index (χ0) is 17.6. The summed E-state index contributed by atoms with van der Waals surface area (Å²) in [4.78, 5) is 24.2. The lowest BCUT2D eigenvalue weighted by Crippen LogP contribution is -2.34. The Hall–Kier alpha value is -3.09. The standard InChI is InChI=1S/C18H19N3O4/c1-2-7-14(13-8-4-3-5-9-13)19-16(22)12-21-18(23)25-17(20-21)15-10-6-11-24-15/h3-6,8-11,14H,2,7,12H2,1H3,(H,19,22). The van der Waals surface area contributed by atoms with Gasteiger partial charge in [0.15, 0.2) is 5.76 Å². The molecule has 0 spiro atoms. The van der Waals surface area contributed by atoms with E-state index >= 15 is 0 Å². The second-order valence-electron chi connectivity index (χ2n) is 5.63. The Labute approximate surface area is 144 Å². The van der Waals surface area contributed by atoms with Gasteiger partial charge in [0.05, 0.1) is 12.3 Å². The van der Waals surface area contributed by atoms with E-state index in [1.165, 1.54) is 6.26 Å². The first-order chi connectivity index (χ1) is 12.2. The van der Waals surface area contributed by atoms with Gasteiger partial charge in [-0.2, -0.15) is 4.68 Å². The molecule has 7 nitrogen and oxygen atoms in total. The highest BCUT2D eigenvalue weighted by molar-refractivity contribution is 5.76. The quantitative estimate of drug-likeness (QED) is 0.713. The van der Waals surface area contributed by atoms with E-state index in [0.717, 1.165) is 23.1 Å². The third kappa shape index (κ3) is 4.06. The molecule has 0 saturated carbocycles. The zero-order valence-electron chi connectivity index (χ0n) is 13.8. The van der Waals surface area contributed by atoms with E-state index in [4.69, 9.17) is 8.83 Å². The largest absolute Gasteiger partial charge is 0.459 e. The monoisotopic (exact) mass is 341 g/mol. The van der Waals surface area contributed by atoms with Crippen LogP contribution in [0.25, 0.3) is 11.7 Å². The topological polar surface area (TPSA) is 90.3 Å². The lowest BCUT2D eigenvalue weighted by Gasteiger charge is -2.18. The Morgan fingerprint density at radius 1 is 1.24 bits per heavy atom. The smallest absolute Gasteiger partial charge is 0.437 e. The number of nitrogens with zero attached hydrogens (tertiary/aromatic N) is 2. The number of carbonyl (C=O) groups excluding carboxylic acids is 1. The highest BCUT2D eigenvalue weighted by Gasteiger charge is 2.18. The molecule has 2 aromatic heterocycles. The molecule has 130 valence electrons. The Morgan fingerprint density at radius 3 is 2.72 bits per heavy atom. The molecule has 0 aliphatic rings. The van der Waals surface area contributed by atoms with Gasteiger partial charge in [-0.25, -0.2) is 4.79 Å². The number of furan rings is 1. The van der Waals surface area contributed by atoms with Gasteiger partial charge in [-0.15, -0.1) is 5.10 Å². The third-order valence-corrected chi connectivity index (χ3v) is 3.75. The maximum Gasteiger partial charge on any atom is 0.437 e. The summed E-state index contributed by atoms with van der Waals surface area (Å²) in [5.41, 5.74) is 1.03. The fourth-order valence-electron chi connectivity index (χ4n) is 2.58. The maximum atomic E-state index is 12.3. The molecule has 3 aromatic rings. The van der Waals surface area contributed by atoms with Crippen molar-refractivity contribution in [2.24, 2.45) is 0 Å². The van der Waals surface area contributed by atoms with Crippen LogP contribution in [0.15, 0.2) is 62.4 Å². The molecule has 0 bridgehead atoms. The maximum absolute atomic E-state index is 12.3. The molecule has 1 N–H and O–H groups in total. The molecule has 1 amide bonds. The fraction of sp³-hybridized carbons (Fsp3) is 0.278. The molecule has 1 atom stereocenters. The van der Waals surface area contributed by atoms with Crippen LogP contribution in [0, 0.1) is 0 Å². The Kier molecular flexibility index (Phi) is 5.13. The number of hydrogen-bond acceptors (Lipinski definition) is 5. The van der Waals surface area contributed by atoms with Crippen molar-refractivity contribution < 1.29 is 13.6 Å². The minimum absolute atomic E-state index is 0.0518. The van der Waals surface area contributed by atoms with Crippen LogP contribution in [0.2, 0.25) is 0 Å². The average molecular weight is 341 g/mol. The summed E-state index contributed by atoms with van der Waals surface area (Å²) in [6, 6.07) is 12.9. The van der Waals surface area contributed by atoms with Gasteiger partial charge in [0, 0.05) is 0 Å². The zero-order valence-corrected chi connectivity index (χ0v) is 13.8. The minimum Gasteiger partial charge on any atom is -0.459 e. The summed E-state index contributed by atoms with van der Waals surface area (Å²) in [5, 5.41) is 6.95. The van der Waals surface area contributed by atoms with Crippen molar-refractivity contribution in [3.05, 3.63) is 64.8 Å². The molecular formula is C18H19N3O4. The molecule has 25 heavy (non-hydrogen) atoms. The van der Waals surface area contributed by atoms with E-state index in [1.807, 2.05) is 30.3 Å². The van der Waals surface area contributed by atoms with E-state index in [0.29, 0.717) is 5.76 Å². The van der Waals surface area contributed by atoms with E-state index in [9.17, 15) is 9.59 Å². The minimum atomic E-state index is -0.701. The summed E-state index contributed by atoms with van der Waals surface area (Å²) in [6.07, 6.45) is 3.18. The molecular weight excluding hydrogens is 322 g/mol. The summed E-state index contributed by atoms with van der Waals surface area (Å²) in [5.74, 6) is -0.614. The molecule has 0 saturated heterocycles. The summed E-state index contributed by atoms with van der Waals surface area (Å²) < 4.78 is 11.1. The first-order valence-electron chi connectivity index (χ1n) is 8.13. The van der Waals surface area contributed by atoms with Gasteiger partial charge in [-0.3, -0.25) is 4.79 Å². The molecule has 0 aliphatic carbocycles. The van der Waals surface area contributed by atoms with E-state index in [1.54, 1.807) is 12.1 Å². The number of amides is 1. The number of benzene rings is 1. The predicted molar refractivity (Wildman–Crippen MR) is 90.7 cm³/mol. The van der Waals surface area contributed by atoms with Crippen molar-refractivity contribution in [1.29, 1.82) is 0 Å². The number of rotatable bonds is 7. The van der Waals surface area contributed by atoms with Crippen molar-refractivity contribution in [1.82, 2.24) is 15.1 Å². The van der Waals surface area contributed by atoms with Crippen molar-refractivity contribution in [3.8, 4) is 11.7 Å². The number of carbonyl (C=O) groups is 1. The van der Waals surface area contributed by atoms with E-state index in [2.05, 4.69) is 17.3 Å². The number of nitrogens with one attached hydrogen (secondary N) is 1.